The number of rotatable bonds is 5. The summed E-state index contributed by atoms with van der Waals surface area (Å²) in [6, 6.07) is 20.3. The third kappa shape index (κ3) is 5.20. The van der Waals surface area contributed by atoms with E-state index in [9.17, 15) is 4.79 Å². The minimum Gasteiger partial charge on any atom is -0.494 e. The number of aromatic nitrogens is 1. The molecule has 0 radical (unpaired) electrons. The summed E-state index contributed by atoms with van der Waals surface area (Å²) in [7, 11) is 0. The van der Waals surface area contributed by atoms with E-state index in [2.05, 4.69) is 38.2 Å². The van der Waals surface area contributed by atoms with Gasteiger partial charge in [-0.25, -0.2) is 4.98 Å². The first-order valence-corrected chi connectivity index (χ1v) is 11.0. The Morgan fingerprint density at radius 3 is 2.77 bits per heavy atom. The van der Waals surface area contributed by atoms with Gasteiger partial charge in [-0.05, 0) is 96.3 Å². The van der Waals surface area contributed by atoms with Crippen molar-refractivity contribution in [2.45, 2.75) is 6.92 Å². The normalized spacial score (nSPS) is 10.6. The zero-order chi connectivity index (χ0) is 21.8. The van der Waals surface area contributed by atoms with E-state index < -0.39 is 0 Å². The summed E-state index contributed by atoms with van der Waals surface area (Å²) in [5.74, 6) is 0.868. The van der Waals surface area contributed by atoms with E-state index in [1.165, 1.54) is 0 Å². The van der Waals surface area contributed by atoms with Crippen LogP contribution in [0.5, 0.6) is 5.75 Å². The fraction of sp³-hybridized carbons (Fsp3) is 0.0870. The van der Waals surface area contributed by atoms with E-state index in [0.717, 1.165) is 9.13 Å². The van der Waals surface area contributed by atoms with Crippen molar-refractivity contribution in [3.8, 4) is 17.2 Å². The average molecular weight is 543 g/mol. The molecule has 6 nitrogen and oxygen atoms in total. The van der Waals surface area contributed by atoms with Gasteiger partial charge >= 0.3 is 0 Å². The fourth-order valence-corrected chi connectivity index (χ4v) is 3.74. The molecule has 0 bridgehead atoms. The summed E-state index contributed by atoms with van der Waals surface area (Å²) in [5, 5.41) is 5.89. The van der Waals surface area contributed by atoms with Crippen LogP contribution in [0.25, 0.3) is 22.6 Å². The first kappa shape index (κ1) is 21.3. The Morgan fingerprint density at radius 1 is 1.13 bits per heavy atom. The van der Waals surface area contributed by atoms with Gasteiger partial charge in [-0.15, -0.1) is 0 Å². The molecule has 0 spiro atoms. The lowest BCUT2D eigenvalue weighted by atomic mass is 10.2. The standard InChI is InChI=1S/C23H18IN3O3S/c1-2-29-18-8-4-5-14(12-18)21(28)27-23(31)25-17-9-10-20-19(13-17)26-22(30-20)15-6-3-7-16(24)11-15/h3-13H,2H2,1H3,(H2,25,27,28,31). The van der Waals surface area contributed by atoms with Crippen LogP contribution in [0.4, 0.5) is 5.69 Å². The topological polar surface area (TPSA) is 76.4 Å². The molecule has 31 heavy (non-hydrogen) atoms. The molecule has 4 aromatic rings. The molecule has 0 fully saturated rings. The molecule has 0 unspecified atom stereocenters. The Hall–Kier alpha value is -2.98. The molecule has 156 valence electrons. The Bertz CT molecular complexity index is 1270. The maximum absolute atomic E-state index is 12.5. The molecule has 1 amide bonds. The largest absolute Gasteiger partial charge is 0.494 e. The van der Waals surface area contributed by atoms with Crippen molar-refractivity contribution >= 4 is 62.6 Å². The number of oxazole rings is 1. The van der Waals surface area contributed by atoms with Crippen LogP contribution in [0.1, 0.15) is 17.3 Å². The number of nitrogens with one attached hydrogen (secondary N) is 2. The lowest BCUT2D eigenvalue weighted by Crippen LogP contribution is -2.34. The molecule has 0 aliphatic carbocycles. The third-order valence-electron chi connectivity index (χ3n) is 4.35. The van der Waals surface area contributed by atoms with Gasteiger partial charge in [0.2, 0.25) is 5.89 Å². The van der Waals surface area contributed by atoms with Crippen LogP contribution < -0.4 is 15.4 Å². The number of benzene rings is 3. The zero-order valence-electron chi connectivity index (χ0n) is 16.5. The predicted molar refractivity (Wildman–Crippen MR) is 133 cm³/mol. The molecular formula is C23H18IN3O3S. The van der Waals surface area contributed by atoms with Gasteiger partial charge in [0.15, 0.2) is 10.7 Å². The molecule has 0 atom stereocenters. The average Bonchev–Trinajstić information content (AvgIpc) is 3.17. The Morgan fingerprint density at radius 2 is 1.97 bits per heavy atom. The summed E-state index contributed by atoms with van der Waals surface area (Å²) in [6.45, 7) is 2.42. The van der Waals surface area contributed by atoms with Crippen LogP contribution in [0.2, 0.25) is 0 Å². The zero-order valence-corrected chi connectivity index (χ0v) is 19.5. The molecule has 0 saturated heterocycles. The molecule has 0 aliphatic heterocycles. The van der Waals surface area contributed by atoms with E-state index in [1.807, 2.05) is 49.4 Å². The Kier molecular flexibility index (Phi) is 6.47. The van der Waals surface area contributed by atoms with Crippen molar-refractivity contribution in [1.29, 1.82) is 0 Å². The molecule has 1 heterocycles. The SMILES string of the molecule is CCOc1cccc(C(=O)NC(=S)Nc2ccc3oc(-c4cccc(I)c4)nc3c2)c1. The van der Waals surface area contributed by atoms with Gasteiger partial charge in [-0.2, -0.15) is 0 Å². The Labute approximate surface area is 198 Å². The van der Waals surface area contributed by atoms with Gasteiger partial charge in [0.1, 0.15) is 11.3 Å². The third-order valence-corrected chi connectivity index (χ3v) is 5.23. The van der Waals surface area contributed by atoms with Crippen molar-refractivity contribution in [1.82, 2.24) is 10.3 Å². The van der Waals surface area contributed by atoms with Gasteiger partial charge in [0.05, 0.1) is 6.61 Å². The Balaban J connectivity index is 1.46. The number of hydrogen-bond donors (Lipinski definition) is 2. The van der Waals surface area contributed by atoms with E-state index in [-0.39, 0.29) is 11.0 Å². The summed E-state index contributed by atoms with van der Waals surface area (Å²) < 4.78 is 12.4. The highest BCUT2D eigenvalue weighted by Crippen LogP contribution is 2.27. The van der Waals surface area contributed by atoms with Crippen LogP contribution in [-0.2, 0) is 0 Å². The quantitative estimate of drug-likeness (QED) is 0.251. The second-order valence-electron chi connectivity index (χ2n) is 6.58. The van der Waals surface area contributed by atoms with Gasteiger partial charge < -0.3 is 14.5 Å². The highest BCUT2D eigenvalue weighted by atomic mass is 127. The number of amides is 1. The number of fused-ring (bicyclic) bond motifs is 1. The number of halogens is 1. The van der Waals surface area contributed by atoms with Gasteiger partial charge in [-0.1, -0.05) is 12.1 Å². The van der Waals surface area contributed by atoms with Gasteiger partial charge in [0, 0.05) is 20.4 Å². The van der Waals surface area contributed by atoms with E-state index in [4.69, 9.17) is 21.4 Å². The molecule has 8 heteroatoms. The van der Waals surface area contributed by atoms with E-state index in [1.54, 1.807) is 24.3 Å². The second-order valence-corrected chi connectivity index (χ2v) is 8.23. The summed E-state index contributed by atoms with van der Waals surface area (Å²) in [6.07, 6.45) is 0. The number of carbonyl (C=O) groups is 1. The molecule has 0 aliphatic rings. The highest BCUT2D eigenvalue weighted by Gasteiger charge is 2.12. The van der Waals surface area contributed by atoms with Crippen LogP contribution in [0.3, 0.4) is 0 Å². The molecular weight excluding hydrogens is 525 g/mol. The first-order chi connectivity index (χ1) is 15.0. The summed E-state index contributed by atoms with van der Waals surface area (Å²) >= 11 is 7.55. The number of hydrogen-bond acceptors (Lipinski definition) is 5. The summed E-state index contributed by atoms with van der Waals surface area (Å²) in [4.78, 5) is 17.1. The number of carbonyl (C=O) groups excluding carboxylic acids is 1. The van der Waals surface area contributed by atoms with Crippen LogP contribution in [-0.4, -0.2) is 22.6 Å². The van der Waals surface area contributed by atoms with Crippen LogP contribution in [0, 0.1) is 3.57 Å². The van der Waals surface area contributed by atoms with Gasteiger partial charge in [-0.3, -0.25) is 10.1 Å². The first-order valence-electron chi connectivity index (χ1n) is 9.53. The number of nitrogens with zero attached hydrogens (tertiary/aromatic N) is 1. The smallest absolute Gasteiger partial charge is 0.257 e. The highest BCUT2D eigenvalue weighted by molar-refractivity contribution is 14.1. The maximum Gasteiger partial charge on any atom is 0.257 e. The van der Waals surface area contributed by atoms with Crippen molar-refractivity contribution < 1.29 is 13.9 Å². The molecule has 3 aromatic carbocycles. The predicted octanol–water partition coefficient (Wildman–Crippen LogP) is 5.62. The number of thiocarbonyl (C=S) groups is 1. The van der Waals surface area contributed by atoms with Crippen molar-refractivity contribution in [2.24, 2.45) is 0 Å². The van der Waals surface area contributed by atoms with Crippen molar-refractivity contribution in [3.05, 3.63) is 75.9 Å². The fourth-order valence-electron chi connectivity index (χ4n) is 2.98. The number of ether oxygens (including phenoxy) is 1. The monoisotopic (exact) mass is 543 g/mol. The lowest BCUT2D eigenvalue weighted by Gasteiger charge is -2.10. The maximum atomic E-state index is 12.5. The molecule has 2 N–H and O–H groups in total. The number of anilines is 1. The molecule has 1 aromatic heterocycles. The molecule has 0 saturated carbocycles. The van der Waals surface area contributed by atoms with Crippen molar-refractivity contribution in [2.75, 3.05) is 11.9 Å². The van der Waals surface area contributed by atoms with Crippen LogP contribution >= 0.6 is 34.8 Å². The summed E-state index contributed by atoms with van der Waals surface area (Å²) in [5.41, 5.74) is 3.43. The van der Waals surface area contributed by atoms with Crippen LogP contribution in [0.15, 0.2) is 71.1 Å². The van der Waals surface area contributed by atoms with Crippen molar-refractivity contribution in [3.63, 3.8) is 0 Å². The van der Waals surface area contributed by atoms with Gasteiger partial charge in [0.25, 0.3) is 5.91 Å². The minimum absolute atomic E-state index is 0.187. The minimum atomic E-state index is -0.317. The lowest BCUT2D eigenvalue weighted by molar-refractivity contribution is 0.0977. The van der Waals surface area contributed by atoms with E-state index in [0.29, 0.717) is 40.6 Å². The molecule has 4 rings (SSSR count). The second kappa shape index (κ2) is 9.44. The van der Waals surface area contributed by atoms with E-state index >= 15 is 0 Å².